The quantitative estimate of drug-likeness (QED) is 0.843. The average Bonchev–Trinajstić information content (AvgIpc) is 2.15. The maximum atomic E-state index is 6.00. The maximum Gasteiger partial charge on any atom is 0.120 e. The minimum atomic E-state index is -0.180. The van der Waals surface area contributed by atoms with Gasteiger partial charge in [0.1, 0.15) is 11.4 Å². The van der Waals surface area contributed by atoms with E-state index in [1.165, 1.54) is 11.1 Å². The largest absolute Gasteiger partial charge is 0.487 e. The minimum Gasteiger partial charge on any atom is -0.487 e. The van der Waals surface area contributed by atoms with Crippen molar-refractivity contribution in [1.29, 1.82) is 0 Å². The maximum absolute atomic E-state index is 6.00. The SMILES string of the molecule is CNCC(C)(C)Oc1ccc(C(C)C)c(C)c1. The van der Waals surface area contributed by atoms with Crippen LogP contribution in [0.3, 0.4) is 0 Å². The van der Waals surface area contributed by atoms with Crippen LogP contribution in [-0.4, -0.2) is 19.2 Å². The van der Waals surface area contributed by atoms with Crippen molar-refractivity contribution in [3.8, 4) is 5.75 Å². The lowest BCUT2D eigenvalue weighted by molar-refractivity contribution is 0.110. The number of aryl methyl sites for hydroxylation is 1. The van der Waals surface area contributed by atoms with Crippen LogP contribution < -0.4 is 10.1 Å². The van der Waals surface area contributed by atoms with E-state index in [-0.39, 0.29) is 5.60 Å². The Hall–Kier alpha value is -1.02. The molecule has 0 unspecified atom stereocenters. The molecule has 1 aromatic carbocycles. The van der Waals surface area contributed by atoms with Gasteiger partial charge in [0.2, 0.25) is 0 Å². The van der Waals surface area contributed by atoms with Crippen molar-refractivity contribution in [2.24, 2.45) is 0 Å². The summed E-state index contributed by atoms with van der Waals surface area (Å²) in [6.07, 6.45) is 0. The molecule has 0 spiro atoms. The lowest BCUT2D eigenvalue weighted by Crippen LogP contribution is -2.38. The molecule has 0 heterocycles. The topological polar surface area (TPSA) is 21.3 Å². The fourth-order valence-electron chi connectivity index (χ4n) is 2.14. The van der Waals surface area contributed by atoms with E-state index in [0.717, 1.165) is 12.3 Å². The van der Waals surface area contributed by atoms with Crippen LogP contribution in [0.25, 0.3) is 0 Å². The van der Waals surface area contributed by atoms with Gasteiger partial charge in [-0.3, -0.25) is 0 Å². The number of nitrogens with one attached hydrogen (secondary N) is 1. The summed E-state index contributed by atoms with van der Waals surface area (Å²) < 4.78 is 6.00. The van der Waals surface area contributed by atoms with Gasteiger partial charge in [0.25, 0.3) is 0 Å². The molecule has 0 saturated heterocycles. The molecule has 0 radical (unpaired) electrons. The van der Waals surface area contributed by atoms with E-state index in [4.69, 9.17) is 4.74 Å². The van der Waals surface area contributed by atoms with Gasteiger partial charge in [0, 0.05) is 6.54 Å². The molecule has 0 bridgehead atoms. The summed E-state index contributed by atoms with van der Waals surface area (Å²) in [4.78, 5) is 0. The van der Waals surface area contributed by atoms with E-state index in [9.17, 15) is 0 Å². The highest BCUT2D eigenvalue weighted by atomic mass is 16.5. The summed E-state index contributed by atoms with van der Waals surface area (Å²) in [6.45, 7) is 11.6. The molecule has 0 amide bonds. The lowest BCUT2D eigenvalue weighted by atomic mass is 9.98. The summed E-state index contributed by atoms with van der Waals surface area (Å²) in [5.74, 6) is 1.52. The van der Waals surface area contributed by atoms with E-state index >= 15 is 0 Å². The Morgan fingerprint density at radius 3 is 2.41 bits per heavy atom. The van der Waals surface area contributed by atoms with Crippen molar-refractivity contribution in [2.45, 2.75) is 46.1 Å². The third-order valence-corrected chi connectivity index (χ3v) is 2.86. The minimum absolute atomic E-state index is 0.180. The van der Waals surface area contributed by atoms with Crippen LogP contribution in [0.4, 0.5) is 0 Å². The van der Waals surface area contributed by atoms with Crippen molar-refractivity contribution < 1.29 is 4.74 Å². The Bertz CT molecular complexity index is 369. The van der Waals surface area contributed by atoms with Crippen molar-refractivity contribution >= 4 is 0 Å². The van der Waals surface area contributed by atoms with Gasteiger partial charge in [-0.25, -0.2) is 0 Å². The van der Waals surface area contributed by atoms with E-state index in [0.29, 0.717) is 5.92 Å². The molecule has 1 rings (SSSR count). The molecule has 96 valence electrons. The van der Waals surface area contributed by atoms with Crippen LogP contribution in [0.5, 0.6) is 5.75 Å². The van der Waals surface area contributed by atoms with E-state index < -0.39 is 0 Å². The predicted molar refractivity (Wildman–Crippen MR) is 73.9 cm³/mol. The average molecular weight is 235 g/mol. The Kier molecular flexibility index (Phi) is 4.58. The van der Waals surface area contributed by atoms with Gasteiger partial charge < -0.3 is 10.1 Å². The summed E-state index contributed by atoms with van der Waals surface area (Å²) in [5.41, 5.74) is 2.52. The van der Waals surface area contributed by atoms with Gasteiger partial charge in [0.15, 0.2) is 0 Å². The Balaban J connectivity index is 2.84. The first-order valence-electron chi connectivity index (χ1n) is 6.30. The number of ether oxygens (including phenoxy) is 1. The predicted octanol–water partition coefficient (Wildman–Crippen LogP) is 3.50. The standard InChI is InChI=1S/C15H25NO/c1-11(2)14-8-7-13(9-12(14)3)17-15(4,5)10-16-6/h7-9,11,16H,10H2,1-6H3. The molecule has 0 aromatic heterocycles. The zero-order valence-electron chi connectivity index (χ0n) is 11.9. The van der Waals surface area contributed by atoms with Gasteiger partial charge in [-0.1, -0.05) is 19.9 Å². The highest BCUT2D eigenvalue weighted by molar-refractivity contribution is 5.36. The molecule has 2 nitrogen and oxygen atoms in total. The molecular formula is C15H25NO. The van der Waals surface area contributed by atoms with Gasteiger partial charge in [-0.05, 0) is 57.0 Å². The number of likely N-dealkylation sites (N-methyl/N-ethyl adjacent to an activating group) is 1. The van der Waals surface area contributed by atoms with Gasteiger partial charge >= 0.3 is 0 Å². The second-order valence-corrected chi connectivity index (χ2v) is 5.57. The highest BCUT2D eigenvalue weighted by Crippen LogP contribution is 2.25. The van der Waals surface area contributed by atoms with Crippen LogP contribution in [0.15, 0.2) is 18.2 Å². The molecule has 0 aliphatic rings. The normalized spacial score (nSPS) is 11.9. The van der Waals surface area contributed by atoms with Crippen molar-refractivity contribution in [3.05, 3.63) is 29.3 Å². The van der Waals surface area contributed by atoms with Crippen molar-refractivity contribution in [1.82, 2.24) is 5.32 Å². The second-order valence-electron chi connectivity index (χ2n) is 5.57. The van der Waals surface area contributed by atoms with Crippen LogP contribution in [0.1, 0.15) is 44.7 Å². The molecule has 0 aliphatic heterocycles. The van der Waals surface area contributed by atoms with Crippen molar-refractivity contribution in [2.75, 3.05) is 13.6 Å². The van der Waals surface area contributed by atoms with Gasteiger partial charge in [0.05, 0.1) is 0 Å². The van der Waals surface area contributed by atoms with Crippen LogP contribution in [0.2, 0.25) is 0 Å². The zero-order chi connectivity index (χ0) is 13.1. The smallest absolute Gasteiger partial charge is 0.120 e. The van der Waals surface area contributed by atoms with Crippen LogP contribution in [-0.2, 0) is 0 Å². The summed E-state index contributed by atoms with van der Waals surface area (Å²) in [6, 6.07) is 6.37. The lowest BCUT2D eigenvalue weighted by Gasteiger charge is -2.26. The number of hydrogen-bond donors (Lipinski definition) is 1. The Labute approximate surface area is 105 Å². The third kappa shape index (κ3) is 4.04. The summed E-state index contributed by atoms with van der Waals surface area (Å²) >= 11 is 0. The highest BCUT2D eigenvalue weighted by Gasteiger charge is 2.18. The van der Waals surface area contributed by atoms with E-state index in [2.05, 4.69) is 58.1 Å². The Morgan fingerprint density at radius 2 is 1.94 bits per heavy atom. The summed E-state index contributed by atoms with van der Waals surface area (Å²) in [7, 11) is 1.94. The first-order valence-corrected chi connectivity index (χ1v) is 6.30. The first-order chi connectivity index (χ1) is 7.85. The summed E-state index contributed by atoms with van der Waals surface area (Å²) in [5, 5.41) is 3.15. The number of rotatable bonds is 5. The molecule has 1 N–H and O–H groups in total. The zero-order valence-corrected chi connectivity index (χ0v) is 11.9. The van der Waals surface area contributed by atoms with Crippen LogP contribution in [0, 0.1) is 6.92 Å². The van der Waals surface area contributed by atoms with Crippen LogP contribution >= 0.6 is 0 Å². The van der Waals surface area contributed by atoms with Gasteiger partial charge in [-0.2, -0.15) is 0 Å². The number of benzene rings is 1. The fourth-order valence-corrected chi connectivity index (χ4v) is 2.14. The van der Waals surface area contributed by atoms with Crippen molar-refractivity contribution in [3.63, 3.8) is 0 Å². The molecule has 17 heavy (non-hydrogen) atoms. The second kappa shape index (κ2) is 5.54. The molecule has 2 heteroatoms. The first kappa shape index (κ1) is 14.0. The molecule has 0 saturated carbocycles. The Morgan fingerprint density at radius 1 is 1.29 bits per heavy atom. The fraction of sp³-hybridized carbons (Fsp3) is 0.600. The molecular weight excluding hydrogens is 210 g/mol. The molecule has 0 aliphatic carbocycles. The van der Waals surface area contributed by atoms with E-state index in [1.54, 1.807) is 0 Å². The van der Waals surface area contributed by atoms with Gasteiger partial charge in [-0.15, -0.1) is 0 Å². The molecule has 1 aromatic rings. The molecule has 0 fully saturated rings. The van der Waals surface area contributed by atoms with E-state index in [1.807, 2.05) is 7.05 Å². The monoisotopic (exact) mass is 235 g/mol. The third-order valence-electron chi connectivity index (χ3n) is 2.86. The number of hydrogen-bond acceptors (Lipinski definition) is 2. The molecule has 0 atom stereocenters.